The predicted octanol–water partition coefficient (Wildman–Crippen LogP) is 4.60. The Kier molecular flexibility index (Phi) is 7.49. The molecule has 0 spiro atoms. The van der Waals surface area contributed by atoms with E-state index in [1.807, 2.05) is 30.3 Å². The number of halogens is 2. The fourth-order valence-electron chi connectivity index (χ4n) is 2.51. The summed E-state index contributed by atoms with van der Waals surface area (Å²) in [7, 11) is -3.66. The van der Waals surface area contributed by atoms with E-state index >= 15 is 0 Å². The molecule has 3 aromatic carbocycles. The molecule has 156 valence electrons. The Morgan fingerprint density at radius 1 is 1.00 bits per heavy atom. The van der Waals surface area contributed by atoms with Gasteiger partial charge in [0.2, 0.25) is 10.0 Å². The SMILES string of the molecule is O=C(COc1ccc(Br)cc1Cl)Nc1ccc(S(=O)(=O)NCc2ccccc2)cc1. The Balaban J connectivity index is 1.55. The van der Waals surface area contributed by atoms with Crippen LogP contribution in [0.25, 0.3) is 0 Å². The fraction of sp³-hybridized carbons (Fsp3) is 0.0952. The summed E-state index contributed by atoms with van der Waals surface area (Å²) in [4.78, 5) is 12.2. The standard InChI is InChI=1S/C21H18BrClN2O4S/c22-16-6-11-20(19(23)12-16)29-14-21(26)25-17-7-9-18(10-8-17)30(27,28)24-13-15-4-2-1-3-5-15/h1-12,24H,13-14H2,(H,25,26). The summed E-state index contributed by atoms with van der Waals surface area (Å²) in [5.74, 6) is -0.00672. The predicted molar refractivity (Wildman–Crippen MR) is 120 cm³/mol. The lowest BCUT2D eigenvalue weighted by Crippen LogP contribution is -2.23. The van der Waals surface area contributed by atoms with Gasteiger partial charge in [0.15, 0.2) is 6.61 Å². The highest BCUT2D eigenvalue weighted by atomic mass is 79.9. The molecule has 30 heavy (non-hydrogen) atoms. The zero-order valence-corrected chi connectivity index (χ0v) is 18.8. The topological polar surface area (TPSA) is 84.5 Å². The molecule has 9 heteroatoms. The van der Waals surface area contributed by atoms with Gasteiger partial charge >= 0.3 is 0 Å². The van der Waals surface area contributed by atoms with Crippen LogP contribution in [0.1, 0.15) is 5.56 Å². The van der Waals surface area contributed by atoms with E-state index in [4.69, 9.17) is 16.3 Å². The molecular formula is C21H18BrClN2O4S. The molecule has 0 aliphatic rings. The molecule has 0 radical (unpaired) electrons. The number of amides is 1. The van der Waals surface area contributed by atoms with Crippen LogP contribution in [0, 0.1) is 0 Å². The van der Waals surface area contributed by atoms with Gasteiger partial charge in [0, 0.05) is 16.7 Å². The molecule has 3 aromatic rings. The maximum absolute atomic E-state index is 12.4. The van der Waals surface area contributed by atoms with E-state index in [0.717, 1.165) is 10.0 Å². The second-order valence-electron chi connectivity index (χ2n) is 6.25. The molecule has 0 unspecified atom stereocenters. The van der Waals surface area contributed by atoms with Crippen molar-refractivity contribution in [2.75, 3.05) is 11.9 Å². The molecule has 0 bridgehead atoms. The lowest BCUT2D eigenvalue weighted by molar-refractivity contribution is -0.118. The zero-order valence-electron chi connectivity index (χ0n) is 15.6. The van der Waals surface area contributed by atoms with Crippen molar-refractivity contribution in [3.05, 3.63) is 87.9 Å². The Morgan fingerprint density at radius 2 is 1.70 bits per heavy atom. The Labute approximate surface area is 188 Å². The third-order valence-corrected chi connectivity index (χ3v) is 6.22. The molecular weight excluding hydrogens is 492 g/mol. The van der Waals surface area contributed by atoms with E-state index in [1.54, 1.807) is 18.2 Å². The number of anilines is 1. The monoisotopic (exact) mass is 508 g/mol. The normalized spacial score (nSPS) is 11.1. The van der Waals surface area contributed by atoms with Crippen LogP contribution in [0.5, 0.6) is 5.75 Å². The molecule has 0 heterocycles. The lowest BCUT2D eigenvalue weighted by Gasteiger charge is -2.10. The highest BCUT2D eigenvalue weighted by Gasteiger charge is 2.14. The third-order valence-electron chi connectivity index (χ3n) is 4.01. The van der Waals surface area contributed by atoms with Crippen LogP contribution in [0.15, 0.2) is 82.2 Å². The van der Waals surface area contributed by atoms with Gasteiger partial charge in [-0.05, 0) is 48.0 Å². The van der Waals surface area contributed by atoms with Crippen molar-refractivity contribution in [3.63, 3.8) is 0 Å². The van der Waals surface area contributed by atoms with Gasteiger partial charge in [-0.15, -0.1) is 0 Å². The largest absolute Gasteiger partial charge is 0.482 e. The van der Waals surface area contributed by atoms with Crippen LogP contribution in [0.3, 0.4) is 0 Å². The number of hydrogen-bond donors (Lipinski definition) is 2. The van der Waals surface area contributed by atoms with Crippen LogP contribution in [0.4, 0.5) is 5.69 Å². The van der Waals surface area contributed by atoms with Crippen molar-refractivity contribution < 1.29 is 17.9 Å². The van der Waals surface area contributed by atoms with E-state index in [0.29, 0.717) is 16.5 Å². The van der Waals surface area contributed by atoms with Gasteiger partial charge < -0.3 is 10.1 Å². The van der Waals surface area contributed by atoms with Crippen molar-refractivity contribution in [2.45, 2.75) is 11.4 Å². The molecule has 0 saturated heterocycles. The molecule has 0 atom stereocenters. The first kappa shape index (κ1) is 22.3. The van der Waals surface area contributed by atoms with E-state index < -0.39 is 15.9 Å². The summed E-state index contributed by atoms with van der Waals surface area (Å²) >= 11 is 9.34. The smallest absolute Gasteiger partial charge is 0.262 e. The summed E-state index contributed by atoms with van der Waals surface area (Å²) in [6.45, 7) is -0.0440. The number of sulfonamides is 1. The first-order chi connectivity index (χ1) is 14.3. The molecule has 0 fully saturated rings. The van der Waals surface area contributed by atoms with Crippen molar-refractivity contribution in [1.82, 2.24) is 4.72 Å². The van der Waals surface area contributed by atoms with Gasteiger partial charge in [0.1, 0.15) is 5.75 Å². The summed E-state index contributed by atoms with van der Waals surface area (Å²) in [5, 5.41) is 3.03. The molecule has 6 nitrogen and oxygen atoms in total. The van der Waals surface area contributed by atoms with Gasteiger partial charge in [-0.2, -0.15) is 0 Å². The number of hydrogen-bond acceptors (Lipinski definition) is 4. The molecule has 2 N–H and O–H groups in total. The van der Waals surface area contributed by atoms with Gasteiger partial charge in [0.05, 0.1) is 9.92 Å². The van der Waals surface area contributed by atoms with Crippen LogP contribution in [0.2, 0.25) is 5.02 Å². The first-order valence-corrected chi connectivity index (χ1v) is 11.5. The van der Waals surface area contributed by atoms with Crippen LogP contribution < -0.4 is 14.8 Å². The maximum Gasteiger partial charge on any atom is 0.262 e. The molecule has 3 rings (SSSR count). The van der Waals surface area contributed by atoms with Gasteiger partial charge in [-0.25, -0.2) is 13.1 Å². The van der Waals surface area contributed by atoms with E-state index in [1.165, 1.54) is 24.3 Å². The zero-order chi connectivity index (χ0) is 21.6. The number of benzene rings is 3. The number of carbonyl (C=O) groups is 1. The summed E-state index contributed by atoms with van der Waals surface area (Å²) in [5.41, 5.74) is 1.31. The lowest BCUT2D eigenvalue weighted by atomic mass is 10.2. The number of rotatable bonds is 8. The molecule has 0 aliphatic carbocycles. The van der Waals surface area contributed by atoms with Crippen molar-refractivity contribution >= 4 is 49.1 Å². The molecule has 1 amide bonds. The Hall–Kier alpha value is -2.39. The Bertz CT molecular complexity index is 1120. The van der Waals surface area contributed by atoms with E-state index in [9.17, 15) is 13.2 Å². The van der Waals surface area contributed by atoms with Crippen molar-refractivity contribution in [2.24, 2.45) is 0 Å². The van der Waals surface area contributed by atoms with Gasteiger partial charge in [-0.3, -0.25) is 4.79 Å². The third kappa shape index (κ3) is 6.30. The second-order valence-corrected chi connectivity index (χ2v) is 9.34. The average molecular weight is 510 g/mol. The quantitative estimate of drug-likeness (QED) is 0.465. The molecule has 0 saturated carbocycles. The van der Waals surface area contributed by atoms with Crippen LogP contribution in [-0.2, 0) is 21.4 Å². The number of ether oxygens (including phenoxy) is 1. The highest BCUT2D eigenvalue weighted by molar-refractivity contribution is 9.10. The second kappa shape index (κ2) is 10.1. The summed E-state index contributed by atoms with van der Waals surface area (Å²) in [6.07, 6.45) is 0. The highest BCUT2D eigenvalue weighted by Crippen LogP contribution is 2.27. The van der Waals surface area contributed by atoms with Gasteiger partial charge in [-0.1, -0.05) is 57.9 Å². The minimum Gasteiger partial charge on any atom is -0.482 e. The Morgan fingerprint density at radius 3 is 2.37 bits per heavy atom. The minimum atomic E-state index is -3.66. The van der Waals surface area contributed by atoms with Crippen LogP contribution in [-0.4, -0.2) is 20.9 Å². The number of nitrogens with one attached hydrogen (secondary N) is 2. The average Bonchev–Trinajstić information content (AvgIpc) is 2.73. The molecule has 0 aromatic heterocycles. The fourth-order valence-corrected chi connectivity index (χ4v) is 4.25. The van der Waals surface area contributed by atoms with Crippen molar-refractivity contribution in [3.8, 4) is 5.75 Å². The van der Waals surface area contributed by atoms with Crippen LogP contribution >= 0.6 is 27.5 Å². The first-order valence-electron chi connectivity index (χ1n) is 8.85. The molecule has 0 aliphatic heterocycles. The van der Waals surface area contributed by atoms with Crippen molar-refractivity contribution in [1.29, 1.82) is 0 Å². The van der Waals surface area contributed by atoms with Gasteiger partial charge in [0.25, 0.3) is 5.91 Å². The van der Waals surface area contributed by atoms with E-state index in [2.05, 4.69) is 26.0 Å². The summed E-state index contributed by atoms with van der Waals surface area (Å²) in [6, 6.07) is 20.2. The summed E-state index contributed by atoms with van der Waals surface area (Å²) < 4.78 is 33.6. The maximum atomic E-state index is 12.4. The minimum absolute atomic E-state index is 0.106. The number of carbonyl (C=O) groups excluding carboxylic acids is 1. The van der Waals surface area contributed by atoms with E-state index in [-0.39, 0.29) is 18.0 Å².